The number of halogens is 1. The first kappa shape index (κ1) is 25.0. The van der Waals surface area contributed by atoms with Crippen LogP contribution in [0.25, 0.3) is 6.08 Å². The molecule has 0 bridgehead atoms. The Morgan fingerprint density at radius 3 is 2.58 bits per heavy atom. The molecule has 8 heteroatoms. The van der Waals surface area contributed by atoms with E-state index in [1.807, 2.05) is 77.2 Å². The van der Waals surface area contributed by atoms with Gasteiger partial charge in [0, 0.05) is 17.5 Å². The van der Waals surface area contributed by atoms with Crippen LogP contribution in [0.3, 0.4) is 0 Å². The topological polar surface area (TPSA) is 75.7 Å². The number of para-hydroxylation sites is 1. The zero-order valence-electron chi connectivity index (χ0n) is 21.3. The van der Waals surface area contributed by atoms with Gasteiger partial charge in [0.25, 0.3) is 0 Å². The molecular formula is C32H23BrN2O4S. The summed E-state index contributed by atoms with van der Waals surface area (Å²) in [7, 11) is 1.56. The van der Waals surface area contributed by atoms with E-state index in [2.05, 4.69) is 21.2 Å². The molecule has 198 valence electrons. The molecular weight excluding hydrogens is 588 g/mol. The lowest BCUT2D eigenvalue weighted by Gasteiger charge is -2.38. The second-order valence-electron chi connectivity index (χ2n) is 10.1. The van der Waals surface area contributed by atoms with Crippen molar-refractivity contribution in [2.24, 2.45) is 5.92 Å². The molecule has 1 spiro atoms. The fourth-order valence-corrected chi connectivity index (χ4v) is 7.97. The highest BCUT2D eigenvalue weighted by molar-refractivity contribution is 9.10. The van der Waals surface area contributed by atoms with Gasteiger partial charge < -0.3 is 15.0 Å². The van der Waals surface area contributed by atoms with Gasteiger partial charge in [-0.15, -0.1) is 11.3 Å². The van der Waals surface area contributed by atoms with E-state index >= 15 is 0 Å². The summed E-state index contributed by atoms with van der Waals surface area (Å²) in [5.41, 5.74) is 2.37. The molecule has 1 amide bonds. The number of ether oxygens (including phenoxy) is 1. The second kappa shape index (κ2) is 9.28. The molecule has 1 fully saturated rings. The number of hydrogen-bond acceptors (Lipinski definition) is 6. The van der Waals surface area contributed by atoms with E-state index in [0.29, 0.717) is 26.4 Å². The molecule has 0 unspecified atom stereocenters. The maximum absolute atomic E-state index is 14.6. The average molecular weight is 612 g/mol. The van der Waals surface area contributed by atoms with Crippen LogP contribution in [0.15, 0.2) is 94.9 Å². The summed E-state index contributed by atoms with van der Waals surface area (Å²) in [5.74, 6) is -1.10. The van der Waals surface area contributed by atoms with Gasteiger partial charge >= 0.3 is 0 Å². The Bertz CT molecular complexity index is 1730. The van der Waals surface area contributed by atoms with E-state index in [0.717, 1.165) is 16.7 Å². The molecule has 6 nitrogen and oxygen atoms in total. The fourth-order valence-electron chi connectivity index (χ4n) is 6.73. The maximum atomic E-state index is 14.6. The molecule has 0 aliphatic carbocycles. The lowest BCUT2D eigenvalue weighted by Crippen LogP contribution is -2.49. The predicted octanol–water partition coefficient (Wildman–Crippen LogP) is 6.50. The summed E-state index contributed by atoms with van der Waals surface area (Å²) in [5, 5.41) is 4.92. The highest BCUT2D eigenvalue weighted by atomic mass is 79.9. The van der Waals surface area contributed by atoms with Crippen molar-refractivity contribution < 1.29 is 19.1 Å². The summed E-state index contributed by atoms with van der Waals surface area (Å²) in [6.07, 6.45) is 3.84. The van der Waals surface area contributed by atoms with Gasteiger partial charge in [-0.05, 0) is 74.4 Å². The normalized spacial score (nSPS) is 23.9. The van der Waals surface area contributed by atoms with E-state index in [1.54, 1.807) is 31.4 Å². The van der Waals surface area contributed by atoms with Crippen LogP contribution >= 0.6 is 27.3 Å². The van der Waals surface area contributed by atoms with Crippen molar-refractivity contribution in [1.29, 1.82) is 0 Å². The molecule has 0 saturated carbocycles. The monoisotopic (exact) mass is 610 g/mol. The highest BCUT2D eigenvalue weighted by Gasteiger charge is 2.70. The van der Waals surface area contributed by atoms with Gasteiger partial charge in [0.15, 0.2) is 11.6 Å². The number of carbonyl (C=O) groups is 3. The summed E-state index contributed by atoms with van der Waals surface area (Å²) in [6, 6.07) is 22.7. The Balaban J connectivity index is 1.52. The summed E-state index contributed by atoms with van der Waals surface area (Å²) in [4.78, 5) is 46.0. The number of nitrogens with one attached hydrogen (secondary N) is 1. The SMILES string of the molecule is COc1ccc(C(=O)[C@@H]2[C@@H](C(=O)c3cccs3)[C@]3(C(=O)Nc4ccccc43)[C@H]3c4ccccc4C=CN23)cc1Br. The minimum Gasteiger partial charge on any atom is -0.496 e. The van der Waals surface area contributed by atoms with Crippen molar-refractivity contribution >= 4 is 56.5 Å². The lowest BCUT2D eigenvalue weighted by molar-refractivity contribution is -0.122. The first-order valence-corrected chi connectivity index (χ1v) is 14.5. The third-order valence-electron chi connectivity index (χ3n) is 8.32. The minimum atomic E-state index is -1.33. The number of fused-ring (bicyclic) bond motifs is 6. The number of rotatable bonds is 5. The van der Waals surface area contributed by atoms with Gasteiger partial charge in [0.2, 0.25) is 5.91 Å². The van der Waals surface area contributed by atoms with Crippen molar-refractivity contribution in [1.82, 2.24) is 4.90 Å². The zero-order valence-corrected chi connectivity index (χ0v) is 23.7. The molecule has 40 heavy (non-hydrogen) atoms. The third-order valence-corrected chi connectivity index (χ3v) is 9.83. The van der Waals surface area contributed by atoms with Crippen LogP contribution in [-0.2, 0) is 10.2 Å². The Hall–Kier alpha value is -4.01. The highest BCUT2D eigenvalue weighted by Crippen LogP contribution is 2.62. The van der Waals surface area contributed by atoms with E-state index in [-0.39, 0.29) is 17.5 Å². The van der Waals surface area contributed by atoms with Crippen molar-refractivity contribution in [3.8, 4) is 5.75 Å². The Morgan fingerprint density at radius 2 is 1.80 bits per heavy atom. The largest absolute Gasteiger partial charge is 0.496 e. The van der Waals surface area contributed by atoms with Crippen LogP contribution in [0.2, 0.25) is 0 Å². The first-order chi connectivity index (χ1) is 19.5. The molecule has 3 aromatic carbocycles. The number of thiophene rings is 1. The number of nitrogens with zero attached hydrogens (tertiary/aromatic N) is 1. The molecule has 3 aliphatic heterocycles. The molecule has 7 rings (SSSR count). The van der Waals surface area contributed by atoms with Crippen molar-refractivity contribution in [3.63, 3.8) is 0 Å². The predicted molar refractivity (Wildman–Crippen MR) is 158 cm³/mol. The molecule has 4 aromatic rings. The Kier molecular flexibility index (Phi) is 5.80. The standard InChI is InChI=1S/C32H23BrN2O4S/c1-39-24-13-12-19(17-22(24)33)28(36)27-26(29(37)25-11-6-16-40-25)32(21-9-4-5-10-23(21)34-31(32)38)30-20-8-3-2-7-18(20)14-15-35(27)30/h2-17,26-27,30H,1H3,(H,34,38)/t26-,27-,30+,32-/m0/s1. The quantitative estimate of drug-likeness (QED) is 0.261. The summed E-state index contributed by atoms with van der Waals surface area (Å²) >= 11 is 4.83. The number of carbonyl (C=O) groups excluding carboxylic acids is 3. The first-order valence-electron chi connectivity index (χ1n) is 12.9. The smallest absolute Gasteiger partial charge is 0.238 e. The number of ketones is 2. The number of Topliss-reactive ketones (excluding diaryl/α,β-unsaturated/α-hetero) is 2. The van der Waals surface area contributed by atoms with Gasteiger partial charge in [-0.25, -0.2) is 0 Å². The molecule has 4 heterocycles. The van der Waals surface area contributed by atoms with Gasteiger partial charge in [-0.3, -0.25) is 14.4 Å². The minimum absolute atomic E-state index is 0.215. The van der Waals surface area contributed by atoms with Gasteiger partial charge in [0.1, 0.15) is 17.2 Å². The average Bonchev–Trinajstić information content (AvgIpc) is 3.69. The summed E-state index contributed by atoms with van der Waals surface area (Å²) < 4.78 is 6.02. The van der Waals surface area contributed by atoms with Crippen LogP contribution in [0.1, 0.15) is 42.8 Å². The number of methoxy groups -OCH3 is 1. The van der Waals surface area contributed by atoms with Crippen LogP contribution in [0.5, 0.6) is 5.75 Å². The molecule has 4 atom stereocenters. The van der Waals surface area contributed by atoms with Crippen molar-refractivity contribution in [2.45, 2.75) is 17.5 Å². The number of amides is 1. The zero-order chi connectivity index (χ0) is 27.6. The van der Waals surface area contributed by atoms with E-state index in [4.69, 9.17) is 4.74 Å². The van der Waals surface area contributed by atoms with Crippen LogP contribution in [0.4, 0.5) is 5.69 Å². The van der Waals surface area contributed by atoms with Gasteiger partial charge in [-0.2, -0.15) is 0 Å². The Labute approximate surface area is 243 Å². The summed E-state index contributed by atoms with van der Waals surface area (Å²) in [6.45, 7) is 0. The molecule has 1 saturated heterocycles. The number of hydrogen-bond donors (Lipinski definition) is 1. The molecule has 1 aromatic heterocycles. The van der Waals surface area contributed by atoms with Crippen LogP contribution in [-0.4, -0.2) is 35.5 Å². The lowest BCUT2D eigenvalue weighted by atomic mass is 9.63. The van der Waals surface area contributed by atoms with Crippen molar-refractivity contribution in [3.05, 3.63) is 122 Å². The number of benzene rings is 3. The Morgan fingerprint density at radius 1 is 1.00 bits per heavy atom. The molecule has 3 aliphatic rings. The van der Waals surface area contributed by atoms with Crippen LogP contribution in [0, 0.1) is 5.92 Å². The van der Waals surface area contributed by atoms with Gasteiger partial charge in [0.05, 0.1) is 28.4 Å². The molecule has 0 radical (unpaired) electrons. The van der Waals surface area contributed by atoms with E-state index in [1.165, 1.54) is 11.3 Å². The van der Waals surface area contributed by atoms with Crippen molar-refractivity contribution in [2.75, 3.05) is 12.4 Å². The third kappa shape index (κ3) is 3.36. The van der Waals surface area contributed by atoms with Gasteiger partial charge in [-0.1, -0.05) is 48.5 Å². The number of anilines is 1. The van der Waals surface area contributed by atoms with E-state index in [9.17, 15) is 14.4 Å². The maximum Gasteiger partial charge on any atom is 0.238 e. The second-order valence-corrected chi connectivity index (χ2v) is 11.9. The molecule has 1 N–H and O–H groups in total. The van der Waals surface area contributed by atoms with Crippen LogP contribution < -0.4 is 10.1 Å². The van der Waals surface area contributed by atoms with E-state index < -0.39 is 23.4 Å². The fraction of sp³-hybridized carbons (Fsp3) is 0.156.